The molecule has 0 aliphatic carbocycles. The highest BCUT2D eigenvalue weighted by molar-refractivity contribution is 9.10. The molecule has 5 nitrogen and oxygen atoms in total. The lowest BCUT2D eigenvalue weighted by Crippen LogP contribution is -2.45. The number of ether oxygens (including phenoxy) is 1. The van der Waals surface area contributed by atoms with Gasteiger partial charge in [-0.1, -0.05) is 0 Å². The van der Waals surface area contributed by atoms with Crippen molar-refractivity contribution in [1.82, 2.24) is 15.2 Å². The summed E-state index contributed by atoms with van der Waals surface area (Å²) in [6.45, 7) is 8.05. The summed E-state index contributed by atoms with van der Waals surface area (Å²) in [6, 6.07) is 4.09. The lowest BCUT2D eigenvalue weighted by molar-refractivity contribution is 0.0173. The Bertz CT molecular complexity index is 499. The molecule has 1 saturated heterocycles. The number of carbonyl (C=O) groups is 1. The average Bonchev–Trinajstić information content (AvgIpc) is 2.65. The number of carbonyl (C=O) groups excluding carboxylic acids is 1. The number of pyridine rings is 1. The van der Waals surface area contributed by atoms with Crippen LogP contribution in [0, 0.1) is 0 Å². The predicted molar refractivity (Wildman–Crippen MR) is 89.9 cm³/mol. The Kier molecular flexibility index (Phi) is 5.81. The molecule has 1 atom stereocenters. The summed E-state index contributed by atoms with van der Waals surface area (Å²) in [5, 5.41) is 3.34. The lowest BCUT2D eigenvalue weighted by atomic mass is 10.1. The van der Waals surface area contributed by atoms with Crippen molar-refractivity contribution in [3.05, 3.63) is 28.5 Å². The maximum Gasteiger partial charge on any atom is 0.410 e. The van der Waals surface area contributed by atoms with Gasteiger partial charge in [0.2, 0.25) is 0 Å². The number of nitrogens with zero attached hydrogens (tertiary/aromatic N) is 2. The summed E-state index contributed by atoms with van der Waals surface area (Å²) in [6.07, 6.45) is 3.20. The molecule has 0 spiro atoms. The van der Waals surface area contributed by atoms with Gasteiger partial charge in [-0.3, -0.25) is 4.98 Å². The summed E-state index contributed by atoms with van der Waals surface area (Å²) in [5.41, 5.74) is 0.515. The second kappa shape index (κ2) is 7.42. The van der Waals surface area contributed by atoms with Crippen LogP contribution in [0.15, 0.2) is 22.8 Å². The second-order valence-corrected chi connectivity index (χ2v) is 7.45. The van der Waals surface area contributed by atoms with Crippen LogP contribution in [-0.2, 0) is 11.2 Å². The zero-order valence-corrected chi connectivity index (χ0v) is 15.0. The van der Waals surface area contributed by atoms with Crippen LogP contribution in [0.3, 0.4) is 0 Å². The van der Waals surface area contributed by atoms with E-state index < -0.39 is 5.60 Å². The summed E-state index contributed by atoms with van der Waals surface area (Å²) < 4.78 is 6.51. The van der Waals surface area contributed by atoms with Crippen molar-refractivity contribution in [1.29, 1.82) is 0 Å². The fraction of sp³-hybridized carbons (Fsp3) is 0.625. The molecular weight excluding hydrogens is 346 g/mol. The zero-order chi connectivity index (χ0) is 16.2. The highest BCUT2D eigenvalue weighted by Gasteiger charge is 2.29. The van der Waals surface area contributed by atoms with Crippen molar-refractivity contribution in [2.45, 2.75) is 45.3 Å². The van der Waals surface area contributed by atoms with E-state index in [2.05, 4.69) is 26.2 Å². The smallest absolute Gasteiger partial charge is 0.410 e. The van der Waals surface area contributed by atoms with Crippen LogP contribution < -0.4 is 5.32 Å². The van der Waals surface area contributed by atoms with E-state index in [1.165, 1.54) is 0 Å². The summed E-state index contributed by atoms with van der Waals surface area (Å²) >= 11 is 3.39. The summed E-state index contributed by atoms with van der Waals surface area (Å²) in [4.78, 5) is 18.7. The second-order valence-electron chi connectivity index (χ2n) is 6.54. The number of halogens is 1. The van der Waals surface area contributed by atoms with Crippen LogP contribution in [0.1, 0.15) is 32.9 Å². The largest absolute Gasteiger partial charge is 0.444 e. The fourth-order valence-corrected chi connectivity index (χ4v) is 2.71. The van der Waals surface area contributed by atoms with Crippen LogP contribution in [0.2, 0.25) is 0 Å². The first-order chi connectivity index (χ1) is 10.3. The topological polar surface area (TPSA) is 54.5 Å². The molecule has 2 heterocycles. The van der Waals surface area contributed by atoms with Crippen LogP contribution in [0.5, 0.6) is 0 Å². The molecule has 0 saturated carbocycles. The molecule has 1 aliphatic rings. The maximum atomic E-state index is 12.5. The number of hydrogen-bond acceptors (Lipinski definition) is 4. The first-order valence-electron chi connectivity index (χ1n) is 7.66. The third kappa shape index (κ3) is 5.25. The van der Waals surface area contributed by atoms with Gasteiger partial charge in [-0.25, -0.2) is 4.79 Å². The van der Waals surface area contributed by atoms with E-state index in [0.29, 0.717) is 6.54 Å². The monoisotopic (exact) mass is 369 g/mol. The molecule has 1 aliphatic heterocycles. The van der Waals surface area contributed by atoms with Crippen LogP contribution >= 0.6 is 15.9 Å². The van der Waals surface area contributed by atoms with Crippen LogP contribution in [0.4, 0.5) is 4.79 Å². The molecule has 0 radical (unpaired) electrons. The minimum absolute atomic E-state index is 0.110. The van der Waals surface area contributed by atoms with Crippen molar-refractivity contribution in [3.63, 3.8) is 0 Å². The van der Waals surface area contributed by atoms with Gasteiger partial charge in [-0.05, 0) is 61.8 Å². The Morgan fingerprint density at radius 2 is 2.23 bits per heavy atom. The molecule has 122 valence electrons. The molecule has 1 unspecified atom stereocenters. The van der Waals surface area contributed by atoms with E-state index >= 15 is 0 Å². The standard InChI is InChI=1S/C16H24BrN3O2/c1-16(2,3)22-15(21)20-9-8-18-7-6-14(20)10-13-5-4-12(17)11-19-13/h4-5,11,14,18H,6-10H2,1-3H3. The molecular formula is C16H24BrN3O2. The zero-order valence-electron chi connectivity index (χ0n) is 13.4. The first kappa shape index (κ1) is 17.2. The van der Waals surface area contributed by atoms with Gasteiger partial charge in [-0.2, -0.15) is 0 Å². The van der Waals surface area contributed by atoms with Crippen molar-refractivity contribution in [3.8, 4) is 0 Å². The molecule has 22 heavy (non-hydrogen) atoms. The predicted octanol–water partition coefficient (Wildman–Crippen LogP) is 2.99. The van der Waals surface area contributed by atoms with E-state index in [0.717, 1.165) is 36.1 Å². The summed E-state index contributed by atoms with van der Waals surface area (Å²) in [7, 11) is 0. The van der Waals surface area contributed by atoms with E-state index in [4.69, 9.17) is 4.74 Å². The van der Waals surface area contributed by atoms with Crippen molar-refractivity contribution in [2.75, 3.05) is 19.6 Å². The average molecular weight is 370 g/mol. The third-order valence-corrected chi connectivity index (χ3v) is 3.96. The van der Waals surface area contributed by atoms with Crippen molar-refractivity contribution >= 4 is 22.0 Å². The first-order valence-corrected chi connectivity index (χ1v) is 8.45. The minimum atomic E-state index is -0.475. The van der Waals surface area contributed by atoms with Crippen molar-refractivity contribution in [2.24, 2.45) is 0 Å². The Hall–Kier alpha value is -1.14. The Morgan fingerprint density at radius 1 is 1.45 bits per heavy atom. The molecule has 1 aromatic heterocycles. The van der Waals surface area contributed by atoms with Crippen LogP contribution in [0.25, 0.3) is 0 Å². The van der Waals surface area contributed by atoms with E-state index in [-0.39, 0.29) is 12.1 Å². The molecule has 1 fully saturated rings. The van der Waals surface area contributed by atoms with E-state index in [1.807, 2.05) is 37.8 Å². The molecule has 2 rings (SSSR count). The van der Waals surface area contributed by atoms with Gasteiger partial charge in [0.1, 0.15) is 5.60 Å². The molecule has 1 aromatic rings. The Morgan fingerprint density at radius 3 is 2.86 bits per heavy atom. The quantitative estimate of drug-likeness (QED) is 0.870. The maximum absolute atomic E-state index is 12.5. The molecule has 1 N–H and O–H groups in total. The molecule has 0 aromatic carbocycles. The Balaban J connectivity index is 2.10. The highest BCUT2D eigenvalue weighted by atomic mass is 79.9. The number of aromatic nitrogens is 1. The normalized spacial score (nSPS) is 19.6. The number of amides is 1. The number of nitrogens with one attached hydrogen (secondary N) is 1. The van der Waals surface area contributed by atoms with Gasteiger partial charge < -0.3 is 15.0 Å². The van der Waals surface area contributed by atoms with Gasteiger partial charge in [-0.15, -0.1) is 0 Å². The number of rotatable bonds is 2. The Labute approximate surface area is 140 Å². The lowest BCUT2D eigenvalue weighted by Gasteiger charge is -2.32. The van der Waals surface area contributed by atoms with Crippen molar-refractivity contribution < 1.29 is 9.53 Å². The van der Waals surface area contributed by atoms with Gasteiger partial charge >= 0.3 is 6.09 Å². The minimum Gasteiger partial charge on any atom is -0.444 e. The van der Waals surface area contributed by atoms with Gasteiger partial charge in [0.25, 0.3) is 0 Å². The fourth-order valence-electron chi connectivity index (χ4n) is 2.47. The number of hydrogen-bond donors (Lipinski definition) is 1. The highest BCUT2D eigenvalue weighted by Crippen LogP contribution is 2.18. The van der Waals surface area contributed by atoms with Gasteiger partial charge in [0, 0.05) is 41.9 Å². The van der Waals surface area contributed by atoms with Gasteiger partial charge in [0.15, 0.2) is 0 Å². The van der Waals surface area contributed by atoms with Gasteiger partial charge in [0.05, 0.1) is 0 Å². The summed E-state index contributed by atoms with van der Waals surface area (Å²) in [5.74, 6) is 0. The molecule has 1 amide bonds. The van der Waals surface area contributed by atoms with E-state index in [9.17, 15) is 4.79 Å². The SMILES string of the molecule is CC(C)(C)OC(=O)N1CCNCCC1Cc1ccc(Br)cn1. The third-order valence-electron chi connectivity index (χ3n) is 3.49. The molecule has 0 bridgehead atoms. The van der Waals surface area contributed by atoms with Crippen LogP contribution in [-0.4, -0.2) is 47.3 Å². The van der Waals surface area contributed by atoms with E-state index in [1.54, 1.807) is 6.20 Å². The molecule has 6 heteroatoms.